The maximum atomic E-state index is 11.6. The third kappa shape index (κ3) is 7.05. The van der Waals surface area contributed by atoms with Crippen LogP contribution in [-0.2, 0) is 9.59 Å². The number of carbonyl (C=O) groups is 2. The number of imide groups is 1. The molecule has 0 spiro atoms. The number of unbranched alkanes of at least 4 members (excludes halogenated alkanes) is 4. The topological polar surface area (TPSA) is 37.4 Å². The summed E-state index contributed by atoms with van der Waals surface area (Å²) in [7, 11) is -0.841. The van der Waals surface area contributed by atoms with Gasteiger partial charge in [0.25, 0.3) is 11.8 Å². The third-order valence-electron chi connectivity index (χ3n) is 5.12. The van der Waals surface area contributed by atoms with Gasteiger partial charge in [-0.25, -0.2) is 0 Å². The second-order valence-electron chi connectivity index (χ2n) is 7.17. The van der Waals surface area contributed by atoms with Gasteiger partial charge in [-0.05, 0) is 32.1 Å². The average molecular weight is 354 g/mol. The van der Waals surface area contributed by atoms with Crippen molar-refractivity contribution in [1.29, 1.82) is 0 Å². The van der Waals surface area contributed by atoms with E-state index in [0.29, 0.717) is 6.54 Å². The molecule has 24 heavy (non-hydrogen) atoms. The van der Waals surface area contributed by atoms with Gasteiger partial charge < -0.3 is 0 Å². The molecule has 0 saturated carbocycles. The smallest absolute Gasteiger partial charge is 0.253 e. The van der Waals surface area contributed by atoms with Crippen LogP contribution in [0.15, 0.2) is 12.2 Å². The van der Waals surface area contributed by atoms with Crippen LogP contribution >= 0.6 is 7.26 Å². The van der Waals surface area contributed by atoms with E-state index in [1.165, 1.54) is 86.6 Å². The molecule has 4 heteroatoms. The molecule has 1 heterocycles. The Kier molecular flexibility index (Phi) is 10.5. The van der Waals surface area contributed by atoms with Crippen LogP contribution in [0.25, 0.3) is 0 Å². The lowest BCUT2D eigenvalue weighted by molar-refractivity contribution is -0.136. The fourth-order valence-corrected chi connectivity index (χ4v) is 8.72. The molecular formula is C20H37NO2P+. The predicted octanol–water partition coefficient (Wildman–Crippen LogP) is 5.11. The molecule has 0 bridgehead atoms. The monoisotopic (exact) mass is 354 g/mol. The van der Waals surface area contributed by atoms with Crippen molar-refractivity contribution in [3.8, 4) is 0 Å². The van der Waals surface area contributed by atoms with Crippen LogP contribution in [0.5, 0.6) is 0 Å². The molecule has 1 rings (SSSR count). The van der Waals surface area contributed by atoms with Gasteiger partial charge in [-0.15, -0.1) is 0 Å². The van der Waals surface area contributed by atoms with E-state index < -0.39 is 7.26 Å². The summed E-state index contributed by atoms with van der Waals surface area (Å²) < 4.78 is 0. The highest BCUT2D eigenvalue weighted by Gasteiger charge is 2.34. The van der Waals surface area contributed by atoms with Crippen molar-refractivity contribution in [3.05, 3.63) is 12.2 Å². The van der Waals surface area contributed by atoms with Gasteiger partial charge in [-0.3, -0.25) is 14.5 Å². The Bertz CT molecular complexity index is 380. The number of amides is 2. The minimum Gasteiger partial charge on any atom is -0.275 e. The van der Waals surface area contributed by atoms with E-state index >= 15 is 0 Å². The van der Waals surface area contributed by atoms with Crippen molar-refractivity contribution in [2.75, 3.05) is 31.2 Å². The summed E-state index contributed by atoms with van der Waals surface area (Å²) in [6, 6.07) is 0. The highest BCUT2D eigenvalue weighted by atomic mass is 31.2. The Labute approximate surface area is 149 Å². The van der Waals surface area contributed by atoms with Crippen molar-refractivity contribution >= 4 is 19.1 Å². The summed E-state index contributed by atoms with van der Waals surface area (Å²) in [5.41, 5.74) is 0. The predicted molar refractivity (Wildman–Crippen MR) is 106 cm³/mol. The molecular weight excluding hydrogens is 317 g/mol. The number of hydrogen-bond acceptors (Lipinski definition) is 2. The normalized spacial score (nSPS) is 14.9. The van der Waals surface area contributed by atoms with Gasteiger partial charge >= 0.3 is 0 Å². The minimum atomic E-state index is -0.841. The number of hydrogen-bond donors (Lipinski definition) is 0. The van der Waals surface area contributed by atoms with Crippen LogP contribution < -0.4 is 0 Å². The van der Waals surface area contributed by atoms with E-state index in [9.17, 15) is 9.59 Å². The fourth-order valence-electron chi connectivity index (χ4n) is 3.52. The van der Waals surface area contributed by atoms with E-state index in [1.54, 1.807) is 0 Å². The lowest BCUT2D eigenvalue weighted by Gasteiger charge is -2.28. The summed E-state index contributed by atoms with van der Waals surface area (Å²) in [5, 5.41) is 0. The molecule has 0 fully saturated rings. The molecule has 1 aliphatic heterocycles. The molecule has 0 unspecified atom stereocenters. The number of nitrogens with zero attached hydrogens (tertiary/aromatic N) is 1. The molecule has 0 atom stereocenters. The zero-order chi connectivity index (χ0) is 17.8. The standard InChI is InChI=1S/C20H37NO2P/c1-4-7-15-24(16-8-5-2,17-9-6-3)18-11-10-14-21-19(22)12-13-20(21)23/h12-13H,4-11,14-18H2,1-3H3/q+1. The van der Waals surface area contributed by atoms with Crippen molar-refractivity contribution in [1.82, 2.24) is 4.90 Å². The average Bonchev–Trinajstić information content (AvgIpc) is 2.91. The van der Waals surface area contributed by atoms with Crippen LogP contribution in [0.2, 0.25) is 0 Å². The molecule has 2 amide bonds. The van der Waals surface area contributed by atoms with Gasteiger partial charge in [0.1, 0.15) is 0 Å². The van der Waals surface area contributed by atoms with Crippen LogP contribution in [0.4, 0.5) is 0 Å². The summed E-state index contributed by atoms with van der Waals surface area (Å²) in [4.78, 5) is 24.6. The second-order valence-corrected chi connectivity index (χ2v) is 11.6. The molecule has 0 aromatic rings. The van der Waals surface area contributed by atoms with Gasteiger partial charge in [0.15, 0.2) is 0 Å². The van der Waals surface area contributed by atoms with Gasteiger partial charge in [0.2, 0.25) is 0 Å². The summed E-state index contributed by atoms with van der Waals surface area (Å²) in [5.74, 6) is -0.270. The van der Waals surface area contributed by atoms with Crippen LogP contribution in [0.1, 0.15) is 72.1 Å². The number of rotatable bonds is 14. The third-order valence-corrected chi connectivity index (χ3v) is 10.2. The largest absolute Gasteiger partial charge is 0.275 e. The number of carbonyl (C=O) groups excluding carboxylic acids is 2. The van der Waals surface area contributed by atoms with E-state index in [1.807, 2.05) is 0 Å². The molecule has 0 saturated heterocycles. The van der Waals surface area contributed by atoms with Crippen molar-refractivity contribution in [3.63, 3.8) is 0 Å². The Balaban J connectivity index is 2.51. The molecule has 0 radical (unpaired) electrons. The quantitative estimate of drug-likeness (QED) is 0.247. The molecule has 0 aromatic heterocycles. The minimum absolute atomic E-state index is 0.135. The van der Waals surface area contributed by atoms with E-state index in [4.69, 9.17) is 0 Å². The molecule has 3 nitrogen and oxygen atoms in total. The zero-order valence-corrected chi connectivity index (χ0v) is 17.0. The van der Waals surface area contributed by atoms with Crippen LogP contribution in [-0.4, -0.2) is 47.9 Å². The molecule has 138 valence electrons. The van der Waals surface area contributed by atoms with E-state index in [2.05, 4.69) is 20.8 Å². The zero-order valence-electron chi connectivity index (χ0n) is 16.1. The van der Waals surface area contributed by atoms with Crippen molar-refractivity contribution in [2.24, 2.45) is 0 Å². The molecule has 0 aliphatic carbocycles. The van der Waals surface area contributed by atoms with E-state index in [0.717, 1.165) is 6.42 Å². The summed E-state index contributed by atoms with van der Waals surface area (Å²) in [6.07, 6.45) is 18.6. The van der Waals surface area contributed by atoms with Gasteiger partial charge in [0, 0.05) is 26.0 Å². The van der Waals surface area contributed by atoms with Crippen LogP contribution in [0.3, 0.4) is 0 Å². The Morgan fingerprint density at radius 2 is 1.12 bits per heavy atom. The lowest BCUT2D eigenvalue weighted by Crippen LogP contribution is -2.31. The molecule has 1 aliphatic rings. The summed E-state index contributed by atoms with van der Waals surface area (Å²) >= 11 is 0. The maximum Gasteiger partial charge on any atom is 0.253 e. The summed E-state index contributed by atoms with van der Waals surface area (Å²) in [6.45, 7) is 7.49. The van der Waals surface area contributed by atoms with Crippen LogP contribution in [0, 0.1) is 0 Å². The SMILES string of the molecule is CCCC[P+](CCCC)(CCCC)CCCCN1C(=O)C=CC1=O. The Hall–Kier alpha value is -0.690. The fraction of sp³-hybridized carbons (Fsp3) is 0.800. The molecule has 0 N–H and O–H groups in total. The molecule has 0 aromatic carbocycles. The van der Waals surface area contributed by atoms with Gasteiger partial charge in [-0.2, -0.15) is 0 Å². The van der Waals surface area contributed by atoms with Crippen molar-refractivity contribution < 1.29 is 9.59 Å². The first kappa shape index (κ1) is 21.4. The first-order valence-corrected chi connectivity index (χ1v) is 12.5. The first-order chi connectivity index (χ1) is 11.6. The Morgan fingerprint density at radius 1 is 0.708 bits per heavy atom. The first-order valence-electron chi connectivity index (χ1n) is 9.97. The van der Waals surface area contributed by atoms with Gasteiger partial charge in [-0.1, -0.05) is 40.0 Å². The van der Waals surface area contributed by atoms with E-state index in [-0.39, 0.29) is 11.8 Å². The highest BCUT2D eigenvalue weighted by Crippen LogP contribution is 2.61. The Morgan fingerprint density at radius 3 is 1.54 bits per heavy atom. The maximum absolute atomic E-state index is 11.6. The van der Waals surface area contributed by atoms with Gasteiger partial charge in [0.05, 0.1) is 24.6 Å². The highest BCUT2D eigenvalue weighted by molar-refractivity contribution is 7.75. The lowest BCUT2D eigenvalue weighted by atomic mass is 10.3. The van der Waals surface area contributed by atoms with Crippen molar-refractivity contribution in [2.45, 2.75) is 72.1 Å². The second kappa shape index (κ2) is 11.8.